The third-order valence-electron chi connectivity index (χ3n) is 6.70. The molecule has 0 fully saturated rings. The molecule has 8 N–H and O–H groups in total. The number of phenolic OH excluding ortho intramolecular Hbond substituents is 1. The van der Waals surface area contributed by atoms with E-state index in [1.54, 1.807) is 0 Å². The van der Waals surface area contributed by atoms with E-state index in [0.717, 1.165) is 36.4 Å². The van der Waals surface area contributed by atoms with Crippen LogP contribution in [0.15, 0.2) is 94.6 Å². The van der Waals surface area contributed by atoms with Crippen molar-refractivity contribution in [2.45, 2.75) is 19.6 Å². The molecule has 0 atom stereocenters. The lowest BCUT2D eigenvalue weighted by Gasteiger charge is -2.14. The van der Waals surface area contributed by atoms with Gasteiger partial charge in [0.25, 0.3) is 30.4 Å². The standard InChI is InChI=1S/C25H24N6O16S5/c1-27-15-4-7-18(49(35,36)37)17(12-15)29-31-24-20(51(41,42)43)11-13-10-19(50(38,39)40)23(22(26)21(13)25(24)32)30-28-14-2-5-16(6-3-14)48(33,34)9-8-47-52(44,45)46/h2-7,10-12,27,32H,8-9,26H2,1H3,(H,35,36,37)(H,38,39,40)(H,41,42,43)(H,44,45,46). The Morgan fingerprint density at radius 2 is 1.23 bits per heavy atom. The van der Waals surface area contributed by atoms with Crippen molar-refractivity contribution in [1.29, 1.82) is 0 Å². The van der Waals surface area contributed by atoms with Gasteiger partial charge in [-0.1, -0.05) is 0 Å². The molecule has 0 aliphatic carbocycles. The number of nitrogens with one attached hydrogen (secondary N) is 1. The summed E-state index contributed by atoms with van der Waals surface area (Å²) in [6.07, 6.45) is 0. The van der Waals surface area contributed by atoms with Crippen LogP contribution >= 0.6 is 0 Å². The highest BCUT2D eigenvalue weighted by Crippen LogP contribution is 2.48. The van der Waals surface area contributed by atoms with Crippen molar-refractivity contribution in [3.63, 3.8) is 0 Å². The Morgan fingerprint density at radius 3 is 1.75 bits per heavy atom. The average Bonchev–Trinajstić information content (AvgIpc) is 3.01. The van der Waals surface area contributed by atoms with Crippen LogP contribution in [0.5, 0.6) is 5.75 Å². The van der Waals surface area contributed by atoms with Crippen molar-refractivity contribution in [1.82, 2.24) is 0 Å². The van der Waals surface area contributed by atoms with Gasteiger partial charge in [0.2, 0.25) is 0 Å². The van der Waals surface area contributed by atoms with Crippen LogP contribution in [-0.2, 0) is 54.8 Å². The molecule has 0 aliphatic rings. The summed E-state index contributed by atoms with van der Waals surface area (Å²) in [6.45, 7) is -0.904. The van der Waals surface area contributed by atoms with E-state index in [-0.39, 0.29) is 16.3 Å². The summed E-state index contributed by atoms with van der Waals surface area (Å²) < 4.78 is 162. The van der Waals surface area contributed by atoms with Gasteiger partial charge in [-0.2, -0.15) is 38.8 Å². The number of nitrogen functional groups attached to an aromatic ring is 1. The van der Waals surface area contributed by atoms with Gasteiger partial charge < -0.3 is 16.2 Å². The number of phenols is 1. The highest BCUT2D eigenvalue weighted by molar-refractivity contribution is 7.91. The third kappa shape index (κ3) is 9.20. The topological polar surface area (TPSA) is 369 Å². The number of azo groups is 2. The normalized spacial score (nSPS) is 13.3. The first kappa shape index (κ1) is 40.1. The second-order valence-corrected chi connectivity index (χ2v) is 17.5. The lowest BCUT2D eigenvalue weighted by molar-refractivity contribution is 0.284. The summed E-state index contributed by atoms with van der Waals surface area (Å²) in [7, 11) is -23.1. The van der Waals surface area contributed by atoms with Crippen LogP contribution in [0.4, 0.5) is 34.1 Å². The molecule has 27 heteroatoms. The Hall–Kier alpha value is -4.71. The van der Waals surface area contributed by atoms with Gasteiger partial charge in [-0.3, -0.25) is 18.2 Å². The van der Waals surface area contributed by atoms with Crippen molar-refractivity contribution >= 4 is 95.5 Å². The molecule has 0 aromatic heterocycles. The number of sulfone groups is 1. The molecule has 280 valence electrons. The number of nitrogens with zero attached hydrogens (tertiary/aromatic N) is 4. The Kier molecular flexibility index (Phi) is 11.1. The lowest BCUT2D eigenvalue weighted by Crippen LogP contribution is -2.15. The molecule has 4 rings (SSSR count). The Balaban J connectivity index is 1.89. The maximum Gasteiger partial charge on any atom is 0.397 e. The summed E-state index contributed by atoms with van der Waals surface area (Å²) in [5.74, 6) is -2.02. The van der Waals surface area contributed by atoms with Crippen molar-refractivity contribution in [3.8, 4) is 5.75 Å². The van der Waals surface area contributed by atoms with E-state index in [1.165, 1.54) is 13.1 Å². The molecular formula is C25H24N6O16S5. The van der Waals surface area contributed by atoms with Crippen LogP contribution in [0.25, 0.3) is 10.8 Å². The number of nitrogens with two attached hydrogens (primary N) is 1. The second-order valence-electron chi connectivity index (χ2n) is 10.1. The van der Waals surface area contributed by atoms with Crippen LogP contribution < -0.4 is 11.1 Å². The number of benzene rings is 4. The molecule has 4 aromatic rings. The maximum absolute atomic E-state index is 12.4. The second kappa shape index (κ2) is 14.4. The summed E-state index contributed by atoms with van der Waals surface area (Å²) >= 11 is 0. The molecule has 0 saturated heterocycles. The maximum atomic E-state index is 12.4. The van der Waals surface area contributed by atoms with Crippen LogP contribution in [0.3, 0.4) is 0 Å². The number of hydrogen-bond acceptors (Lipinski definition) is 18. The average molecular weight is 825 g/mol. The largest absolute Gasteiger partial charge is 0.505 e. The molecular weight excluding hydrogens is 801 g/mol. The first-order valence-electron chi connectivity index (χ1n) is 13.5. The van der Waals surface area contributed by atoms with E-state index in [1.807, 2.05) is 0 Å². The minimum Gasteiger partial charge on any atom is -0.505 e. The smallest absolute Gasteiger partial charge is 0.397 e. The van der Waals surface area contributed by atoms with Crippen molar-refractivity contribution < 1.29 is 69.6 Å². The molecule has 22 nitrogen and oxygen atoms in total. The molecule has 4 aromatic carbocycles. The van der Waals surface area contributed by atoms with Gasteiger partial charge in [0, 0.05) is 12.7 Å². The fourth-order valence-corrected chi connectivity index (χ4v) is 7.79. The molecule has 0 amide bonds. The number of hydrogen-bond donors (Lipinski definition) is 7. The van der Waals surface area contributed by atoms with Gasteiger partial charge in [-0.15, -0.1) is 15.3 Å². The lowest BCUT2D eigenvalue weighted by atomic mass is 10.1. The number of aromatic hydroxyl groups is 1. The zero-order chi connectivity index (χ0) is 39.0. The van der Waals surface area contributed by atoms with Gasteiger partial charge in [0.1, 0.15) is 31.7 Å². The van der Waals surface area contributed by atoms with Gasteiger partial charge >= 0.3 is 10.4 Å². The monoisotopic (exact) mass is 824 g/mol. The van der Waals surface area contributed by atoms with Crippen LogP contribution in [0, 0.1) is 0 Å². The summed E-state index contributed by atoms with van der Waals surface area (Å²) in [5, 5.41) is 27.5. The minimum absolute atomic E-state index is 0.146. The van der Waals surface area contributed by atoms with Crippen LogP contribution in [0.2, 0.25) is 0 Å². The van der Waals surface area contributed by atoms with E-state index in [0.29, 0.717) is 12.1 Å². The third-order valence-corrected chi connectivity index (χ3v) is 11.5. The molecule has 52 heavy (non-hydrogen) atoms. The van der Waals surface area contributed by atoms with Crippen molar-refractivity contribution in [2.24, 2.45) is 20.5 Å². The number of fused-ring (bicyclic) bond motifs is 1. The molecule has 0 radical (unpaired) electrons. The highest BCUT2D eigenvalue weighted by Gasteiger charge is 2.28. The number of rotatable bonds is 13. The molecule has 0 spiro atoms. The fraction of sp³-hybridized carbons (Fsp3) is 0.120. The number of anilines is 2. The predicted octanol–water partition coefficient (Wildman–Crippen LogP) is 3.33. The minimum atomic E-state index is -5.32. The van der Waals surface area contributed by atoms with Gasteiger partial charge in [-0.25, -0.2) is 12.6 Å². The van der Waals surface area contributed by atoms with Crippen molar-refractivity contribution in [3.05, 3.63) is 54.6 Å². The zero-order valence-electron chi connectivity index (χ0n) is 25.7. The van der Waals surface area contributed by atoms with E-state index in [4.69, 9.17) is 10.3 Å². The summed E-state index contributed by atoms with van der Waals surface area (Å²) in [6, 6.07) is 8.61. The SMILES string of the molecule is CNc1ccc(S(=O)(=O)O)c(N=Nc2c(S(=O)(=O)O)cc3cc(S(=O)(=O)O)c(N=Nc4ccc(S(=O)(=O)CCOS(=O)(=O)O)cc4)c(N)c3c2O)c1. The molecule has 0 unspecified atom stereocenters. The van der Waals surface area contributed by atoms with Gasteiger partial charge in [0.15, 0.2) is 15.6 Å². The molecule has 0 heterocycles. The van der Waals surface area contributed by atoms with Crippen molar-refractivity contribution in [2.75, 3.05) is 30.5 Å². The summed E-state index contributed by atoms with van der Waals surface area (Å²) in [4.78, 5) is -3.40. The van der Waals surface area contributed by atoms with E-state index < -0.39 is 117 Å². The van der Waals surface area contributed by atoms with Gasteiger partial charge in [0.05, 0.1) is 34.0 Å². The molecule has 0 aliphatic heterocycles. The summed E-state index contributed by atoms with van der Waals surface area (Å²) in [5.41, 5.74) is 3.05. The first-order valence-corrected chi connectivity index (χ1v) is 20.8. The van der Waals surface area contributed by atoms with Crippen LogP contribution in [-0.4, -0.2) is 84.8 Å². The van der Waals surface area contributed by atoms with E-state index >= 15 is 0 Å². The van der Waals surface area contributed by atoms with Gasteiger partial charge in [-0.05, 0) is 60.0 Å². The first-order chi connectivity index (χ1) is 23.8. The Labute approximate surface area is 294 Å². The predicted molar refractivity (Wildman–Crippen MR) is 180 cm³/mol. The molecule has 0 bridgehead atoms. The highest BCUT2D eigenvalue weighted by atomic mass is 32.3. The molecule has 0 saturated carbocycles. The van der Waals surface area contributed by atoms with E-state index in [9.17, 15) is 60.9 Å². The Bertz CT molecular complexity index is 2720. The quantitative estimate of drug-likeness (QED) is 0.0577. The fourth-order valence-electron chi connectivity index (χ4n) is 4.37. The van der Waals surface area contributed by atoms with E-state index in [2.05, 4.69) is 30.0 Å². The zero-order valence-corrected chi connectivity index (χ0v) is 29.8. The van der Waals surface area contributed by atoms with Crippen LogP contribution in [0.1, 0.15) is 0 Å². The Morgan fingerprint density at radius 1 is 0.692 bits per heavy atom.